The molecule has 5 heteroatoms. The second-order valence-electron chi connectivity index (χ2n) is 4.51. The number of esters is 1. The maximum absolute atomic E-state index is 12.0. The first kappa shape index (κ1) is 16.2. The molecule has 5 nitrogen and oxygen atoms in total. The summed E-state index contributed by atoms with van der Waals surface area (Å²) < 4.78 is 4.89. The zero-order valence-corrected chi connectivity index (χ0v) is 12.0. The molecule has 0 heterocycles. The zero-order valence-electron chi connectivity index (χ0n) is 12.0. The van der Waals surface area contributed by atoms with Crippen LogP contribution in [-0.4, -0.2) is 25.0 Å². The molecule has 0 radical (unpaired) electrons. The normalized spacial score (nSPS) is 11.8. The molecule has 20 heavy (non-hydrogen) atoms. The fraction of sp³-hybridized carbons (Fsp3) is 0.467. The lowest BCUT2D eigenvalue weighted by Gasteiger charge is -2.14. The van der Waals surface area contributed by atoms with E-state index in [2.05, 4.69) is 5.32 Å². The molecule has 0 saturated carbocycles. The van der Waals surface area contributed by atoms with Crippen molar-refractivity contribution in [3.63, 3.8) is 0 Å². The molecule has 1 atom stereocenters. The molecular formula is C15H22N2O3. The average molecular weight is 278 g/mol. The van der Waals surface area contributed by atoms with Gasteiger partial charge in [-0.1, -0.05) is 13.3 Å². The Balaban J connectivity index is 2.65. The van der Waals surface area contributed by atoms with Gasteiger partial charge in [-0.25, -0.2) is 4.79 Å². The number of rotatable bonds is 7. The minimum absolute atomic E-state index is 0.0850. The predicted octanol–water partition coefficient (Wildman–Crippen LogP) is 2.18. The quantitative estimate of drug-likeness (QED) is 0.749. The standard InChI is InChI=1S/C15H22N2O3/c1-3-5-12(10-16)14(18)17-13-8-6-11(7-9-13)15(19)20-4-2/h6-9,12H,3-5,10,16H2,1-2H3,(H,17,18). The van der Waals surface area contributed by atoms with Crippen LogP contribution >= 0.6 is 0 Å². The molecule has 0 fully saturated rings. The van der Waals surface area contributed by atoms with Gasteiger partial charge in [-0.05, 0) is 37.6 Å². The number of amides is 1. The van der Waals surface area contributed by atoms with Crippen molar-refractivity contribution in [2.24, 2.45) is 11.7 Å². The highest BCUT2D eigenvalue weighted by Crippen LogP contribution is 2.13. The summed E-state index contributed by atoms with van der Waals surface area (Å²) >= 11 is 0. The Bertz CT molecular complexity index is 443. The molecule has 1 amide bonds. The Kier molecular flexibility index (Phi) is 6.73. The van der Waals surface area contributed by atoms with E-state index in [0.717, 1.165) is 12.8 Å². The van der Waals surface area contributed by atoms with Crippen molar-refractivity contribution < 1.29 is 14.3 Å². The Morgan fingerprint density at radius 3 is 2.40 bits per heavy atom. The summed E-state index contributed by atoms with van der Waals surface area (Å²) in [5, 5.41) is 2.80. The van der Waals surface area contributed by atoms with Crippen LogP contribution in [0.25, 0.3) is 0 Å². The van der Waals surface area contributed by atoms with Crippen LogP contribution in [0.15, 0.2) is 24.3 Å². The molecule has 0 aliphatic rings. The van der Waals surface area contributed by atoms with Crippen LogP contribution in [0.3, 0.4) is 0 Å². The van der Waals surface area contributed by atoms with Crippen LogP contribution in [0.4, 0.5) is 5.69 Å². The molecule has 1 aromatic carbocycles. The van der Waals surface area contributed by atoms with Crippen LogP contribution in [-0.2, 0) is 9.53 Å². The van der Waals surface area contributed by atoms with Gasteiger partial charge in [0.15, 0.2) is 0 Å². The summed E-state index contributed by atoms with van der Waals surface area (Å²) in [5.41, 5.74) is 6.71. The molecule has 0 aliphatic heterocycles. The number of benzene rings is 1. The number of carbonyl (C=O) groups is 2. The fourth-order valence-corrected chi connectivity index (χ4v) is 1.85. The lowest BCUT2D eigenvalue weighted by atomic mass is 10.0. The van der Waals surface area contributed by atoms with E-state index in [0.29, 0.717) is 24.4 Å². The molecule has 0 bridgehead atoms. The lowest BCUT2D eigenvalue weighted by molar-refractivity contribution is -0.119. The van der Waals surface area contributed by atoms with Gasteiger partial charge in [0, 0.05) is 12.2 Å². The van der Waals surface area contributed by atoms with Gasteiger partial charge >= 0.3 is 5.97 Å². The van der Waals surface area contributed by atoms with Crippen molar-refractivity contribution >= 4 is 17.6 Å². The van der Waals surface area contributed by atoms with E-state index >= 15 is 0 Å². The van der Waals surface area contributed by atoms with Crippen molar-refractivity contribution in [2.45, 2.75) is 26.7 Å². The third-order valence-corrected chi connectivity index (χ3v) is 2.96. The maximum Gasteiger partial charge on any atom is 0.338 e. The van der Waals surface area contributed by atoms with Gasteiger partial charge in [-0.3, -0.25) is 4.79 Å². The smallest absolute Gasteiger partial charge is 0.338 e. The Labute approximate surface area is 119 Å². The van der Waals surface area contributed by atoms with Crippen LogP contribution in [0, 0.1) is 5.92 Å². The van der Waals surface area contributed by atoms with E-state index in [-0.39, 0.29) is 17.8 Å². The number of nitrogens with two attached hydrogens (primary N) is 1. The van der Waals surface area contributed by atoms with Gasteiger partial charge in [-0.15, -0.1) is 0 Å². The third kappa shape index (κ3) is 4.66. The molecule has 0 spiro atoms. The summed E-state index contributed by atoms with van der Waals surface area (Å²) in [4.78, 5) is 23.5. The molecule has 0 aliphatic carbocycles. The van der Waals surface area contributed by atoms with Crippen molar-refractivity contribution in [1.29, 1.82) is 0 Å². The van der Waals surface area contributed by atoms with Gasteiger partial charge in [0.2, 0.25) is 5.91 Å². The summed E-state index contributed by atoms with van der Waals surface area (Å²) in [5.74, 6) is -0.626. The largest absolute Gasteiger partial charge is 0.462 e. The monoisotopic (exact) mass is 278 g/mol. The van der Waals surface area contributed by atoms with Crippen LogP contribution in [0.5, 0.6) is 0 Å². The van der Waals surface area contributed by atoms with Crippen molar-refractivity contribution in [2.75, 3.05) is 18.5 Å². The first-order chi connectivity index (χ1) is 9.62. The van der Waals surface area contributed by atoms with Gasteiger partial charge in [0.1, 0.15) is 0 Å². The number of ether oxygens (including phenoxy) is 1. The van der Waals surface area contributed by atoms with E-state index in [4.69, 9.17) is 10.5 Å². The first-order valence-corrected chi connectivity index (χ1v) is 6.90. The van der Waals surface area contributed by atoms with Gasteiger partial charge in [-0.2, -0.15) is 0 Å². The fourth-order valence-electron chi connectivity index (χ4n) is 1.85. The topological polar surface area (TPSA) is 81.4 Å². The first-order valence-electron chi connectivity index (χ1n) is 6.90. The molecule has 3 N–H and O–H groups in total. The van der Waals surface area contributed by atoms with Crippen LogP contribution < -0.4 is 11.1 Å². The molecule has 0 aromatic heterocycles. The van der Waals surface area contributed by atoms with Gasteiger partial charge in [0.05, 0.1) is 18.1 Å². The number of hydrogen-bond acceptors (Lipinski definition) is 4. The maximum atomic E-state index is 12.0. The Morgan fingerprint density at radius 1 is 1.25 bits per heavy atom. The number of carbonyl (C=O) groups excluding carboxylic acids is 2. The lowest BCUT2D eigenvalue weighted by Crippen LogP contribution is -2.29. The molecular weight excluding hydrogens is 256 g/mol. The van der Waals surface area contributed by atoms with Gasteiger partial charge < -0.3 is 15.8 Å². The highest BCUT2D eigenvalue weighted by atomic mass is 16.5. The highest BCUT2D eigenvalue weighted by molar-refractivity contribution is 5.94. The summed E-state index contributed by atoms with van der Waals surface area (Å²) in [6, 6.07) is 6.63. The third-order valence-electron chi connectivity index (χ3n) is 2.96. The number of hydrogen-bond donors (Lipinski definition) is 2. The number of nitrogens with one attached hydrogen (secondary N) is 1. The van der Waals surface area contributed by atoms with Crippen molar-refractivity contribution in [3.05, 3.63) is 29.8 Å². The minimum Gasteiger partial charge on any atom is -0.462 e. The Hall–Kier alpha value is -1.88. The molecule has 110 valence electrons. The Morgan fingerprint density at radius 2 is 1.90 bits per heavy atom. The van der Waals surface area contributed by atoms with Crippen molar-refractivity contribution in [3.8, 4) is 0 Å². The van der Waals surface area contributed by atoms with Crippen LogP contribution in [0.2, 0.25) is 0 Å². The summed E-state index contributed by atoms with van der Waals surface area (Å²) in [6.07, 6.45) is 1.68. The van der Waals surface area contributed by atoms with E-state index in [9.17, 15) is 9.59 Å². The zero-order chi connectivity index (χ0) is 15.0. The predicted molar refractivity (Wildman–Crippen MR) is 78.5 cm³/mol. The minimum atomic E-state index is -0.365. The SMILES string of the molecule is CCCC(CN)C(=O)Nc1ccc(C(=O)OCC)cc1. The van der Waals surface area contributed by atoms with Crippen LogP contribution in [0.1, 0.15) is 37.0 Å². The van der Waals surface area contributed by atoms with E-state index in [1.165, 1.54) is 0 Å². The molecule has 1 unspecified atom stereocenters. The van der Waals surface area contributed by atoms with E-state index in [1.54, 1.807) is 31.2 Å². The number of anilines is 1. The second-order valence-corrected chi connectivity index (χ2v) is 4.51. The van der Waals surface area contributed by atoms with E-state index in [1.807, 2.05) is 6.92 Å². The summed E-state index contributed by atoms with van der Waals surface area (Å²) in [6.45, 7) is 4.45. The molecule has 0 saturated heterocycles. The highest BCUT2D eigenvalue weighted by Gasteiger charge is 2.16. The average Bonchev–Trinajstić information content (AvgIpc) is 2.45. The molecule has 1 aromatic rings. The van der Waals surface area contributed by atoms with E-state index < -0.39 is 0 Å². The summed E-state index contributed by atoms with van der Waals surface area (Å²) in [7, 11) is 0. The molecule has 1 rings (SSSR count). The van der Waals surface area contributed by atoms with Crippen molar-refractivity contribution in [1.82, 2.24) is 0 Å². The second kappa shape index (κ2) is 8.32. The van der Waals surface area contributed by atoms with Gasteiger partial charge in [0.25, 0.3) is 0 Å².